The summed E-state index contributed by atoms with van der Waals surface area (Å²) in [5.41, 5.74) is 0.736. The van der Waals surface area contributed by atoms with Crippen LogP contribution in [0, 0.1) is 0 Å². The SMILES string of the molecule is CCOc1ccc(OCC)c(NC(=O)c2cn[nH]n2)c1. The van der Waals surface area contributed by atoms with Crippen molar-refractivity contribution in [3.63, 3.8) is 0 Å². The van der Waals surface area contributed by atoms with E-state index >= 15 is 0 Å². The topological polar surface area (TPSA) is 89.1 Å². The molecule has 1 amide bonds. The summed E-state index contributed by atoms with van der Waals surface area (Å²) in [5, 5.41) is 12.4. The standard InChI is InChI=1S/C13H16N4O3/c1-3-19-9-5-6-12(20-4-2)10(7-9)15-13(18)11-8-14-17-16-11/h5-8H,3-4H2,1-2H3,(H,15,18)(H,14,16,17). The van der Waals surface area contributed by atoms with Crippen LogP contribution in [0.2, 0.25) is 0 Å². The van der Waals surface area contributed by atoms with Crippen LogP contribution in [0.3, 0.4) is 0 Å². The first kappa shape index (κ1) is 13.9. The van der Waals surface area contributed by atoms with Crippen LogP contribution in [0.25, 0.3) is 0 Å². The molecule has 2 rings (SSSR count). The number of ether oxygens (including phenoxy) is 2. The molecule has 2 N–H and O–H groups in total. The van der Waals surface area contributed by atoms with Crippen LogP contribution in [-0.4, -0.2) is 34.5 Å². The van der Waals surface area contributed by atoms with Crippen LogP contribution in [0.15, 0.2) is 24.4 Å². The first-order chi connectivity index (χ1) is 9.74. The van der Waals surface area contributed by atoms with Crippen LogP contribution in [0.1, 0.15) is 24.3 Å². The molecule has 20 heavy (non-hydrogen) atoms. The number of aromatic nitrogens is 3. The molecule has 0 atom stereocenters. The quantitative estimate of drug-likeness (QED) is 0.840. The van der Waals surface area contributed by atoms with Gasteiger partial charge in [0, 0.05) is 6.07 Å². The fourth-order valence-electron chi connectivity index (χ4n) is 1.64. The Morgan fingerprint density at radius 3 is 2.75 bits per heavy atom. The zero-order valence-corrected chi connectivity index (χ0v) is 11.3. The molecule has 0 aliphatic carbocycles. The largest absolute Gasteiger partial charge is 0.494 e. The molecule has 0 saturated heterocycles. The molecule has 0 aliphatic heterocycles. The van der Waals surface area contributed by atoms with Crippen molar-refractivity contribution in [2.24, 2.45) is 0 Å². The van der Waals surface area contributed by atoms with E-state index in [9.17, 15) is 4.79 Å². The van der Waals surface area contributed by atoms with Gasteiger partial charge in [0.25, 0.3) is 5.91 Å². The van der Waals surface area contributed by atoms with Crippen molar-refractivity contribution in [3.8, 4) is 11.5 Å². The highest BCUT2D eigenvalue weighted by Crippen LogP contribution is 2.29. The lowest BCUT2D eigenvalue weighted by Crippen LogP contribution is -2.13. The second-order valence-electron chi connectivity index (χ2n) is 3.83. The number of hydrogen-bond donors (Lipinski definition) is 2. The maximum absolute atomic E-state index is 12.0. The number of benzene rings is 1. The number of H-pyrrole nitrogens is 1. The minimum atomic E-state index is -0.367. The van der Waals surface area contributed by atoms with Crippen LogP contribution in [-0.2, 0) is 0 Å². The predicted molar refractivity (Wildman–Crippen MR) is 73.1 cm³/mol. The number of aromatic amines is 1. The lowest BCUT2D eigenvalue weighted by Gasteiger charge is -2.12. The van der Waals surface area contributed by atoms with Crippen molar-refractivity contribution in [2.45, 2.75) is 13.8 Å². The summed E-state index contributed by atoms with van der Waals surface area (Å²) in [6.07, 6.45) is 1.35. The van der Waals surface area contributed by atoms with Crippen LogP contribution in [0.5, 0.6) is 11.5 Å². The van der Waals surface area contributed by atoms with Crippen molar-refractivity contribution < 1.29 is 14.3 Å². The monoisotopic (exact) mass is 276 g/mol. The second kappa shape index (κ2) is 6.55. The fourth-order valence-corrected chi connectivity index (χ4v) is 1.64. The molecule has 0 aliphatic rings. The van der Waals surface area contributed by atoms with Crippen LogP contribution >= 0.6 is 0 Å². The number of nitrogens with one attached hydrogen (secondary N) is 2. The first-order valence-electron chi connectivity index (χ1n) is 6.31. The zero-order chi connectivity index (χ0) is 14.4. The number of hydrogen-bond acceptors (Lipinski definition) is 5. The third-order valence-electron chi connectivity index (χ3n) is 2.46. The van der Waals surface area contributed by atoms with Gasteiger partial charge in [0.1, 0.15) is 11.5 Å². The van der Waals surface area contributed by atoms with Gasteiger partial charge in [0.15, 0.2) is 5.69 Å². The summed E-state index contributed by atoms with van der Waals surface area (Å²) >= 11 is 0. The zero-order valence-electron chi connectivity index (χ0n) is 11.3. The van der Waals surface area contributed by atoms with Gasteiger partial charge in [0.2, 0.25) is 0 Å². The van der Waals surface area contributed by atoms with Crippen molar-refractivity contribution in [2.75, 3.05) is 18.5 Å². The molecule has 0 radical (unpaired) electrons. The average molecular weight is 276 g/mol. The van der Waals surface area contributed by atoms with E-state index in [0.717, 1.165) is 0 Å². The number of amides is 1. The third-order valence-corrected chi connectivity index (χ3v) is 2.46. The van der Waals surface area contributed by atoms with Gasteiger partial charge in [-0.05, 0) is 26.0 Å². The van der Waals surface area contributed by atoms with E-state index in [1.54, 1.807) is 18.2 Å². The summed E-state index contributed by atoms with van der Waals surface area (Å²) in [5.74, 6) is 0.868. The summed E-state index contributed by atoms with van der Waals surface area (Å²) in [4.78, 5) is 12.0. The number of nitrogens with zero attached hydrogens (tertiary/aromatic N) is 2. The molecule has 7 heteroatoms. The highest BCUT2D eigenvalue weighted by atomic mass is 16.5. The van der Waals surface area contributed by atoms with E-state index in [1.807, 2.05) is 13.8 Å². The normalized spacial score (nSPS) is 10.1. The molecule has 0 unspecified atom stereocenters. The molecule has 0 saturated carbocycles. The Morgan fingerprint density at radius 2 is 2.10 bits per heavy atom. The van der Waals surface area contributed by atoms with Gasteiger partial charge in [-0.15, -0.1) is 0 Å². The summed E-state index contributed by atoms with van der Waals surface area (Å²) in [6, 6.07) is 5.26. The highest BCUT2D eigenvalue weighted by molar-refractivity contribution is 6.03. The summed E-state index contributed by atoms with van der Waals surface area (Å²) < 4.78 is 10.9. The number of rotatable bonds is 6. The van der Waals surface area contributed by atoms with E-state index in [4.69, 9.17) is 9.47 Å². The average Bonchev–Trinajstić information content (AvgIpc) is 2.96. The van der Waals surface area contributed by atoms with Crippen molar-refractivity contribution in [3.05, 3.63) is 30.1 Å². The molecular formula is C13H16N4O3. The molecule has 2 aromatic rings. The molecule has 0 bridgehead atoms. The van der Waals surface area contributed by atoms with E-state index < -0.39 is 0 Å². The van der Waals surface area contributed by atoms with Gasteiger partial charge in [-0.2, -0.15) is 15.4 Å². The van der Waals surface area contributed by atoms with Gasteiger partial charge < -0.3 is 14.8 Å². The van der Waals surface area contributed by atoms with Gasteiger partial charge in [0.05, 0.1) is 25.1 Å². The Labute approximate surface area is 116 Å². The maximum Gasteiger partial charge on any atom is 0.277 e. The van der Waals surface area contributed by atoms with Crippen molar-refractivity contribution >= 4 is 11.6 Å². The molecule has 0 spiro atoms. The Hall–Kier alpha value is -2.57. The van der Waals surface area contributed by atoms with E-state index in [-0.39, 0.29) is 11.6 Å². The van der Waals surface area contributed by atoms with Gasteiger partial charge in [-0.1, -0.05) is 0 Å². The van der Waals surface area contributed by atoms with E-state index in [2.05, 4.69) is 20.7 Å². The molecule has 1 aromatic heterocycles. The molecule has 1 aromatic carbocycles. The second-order valence-corrected chi connectivity index (χ2v) is 3.83. The number of anilines is 1. The lowest BCUT2D eigenvalue weighted by atomic mass is 10.2. The third kappa shape index (κ3) is 3.25. The molecule has 0 fully saturated rings. The molecular weight excluding hydrogens is 260 g/mol. The Kier molecular flexibility index (Phi) is 4.54. The van der Waals surface area contributed by atoms with E-state index in [1.165, 1.54) is 6.20 Å². The Balaban J connectivity index is 2.22. The van der Waals surface area contributed by atoms with Crippen molar-refractivity contribution in [1.29, 1.82) is 0 Å². The van der Waals surface area contributed by atoms with Crippen LogP contribution in [0.4, 0.5) is 5.69 Å². The van der Waals surface area contributed by atoms with Gasteiger partial charge in [-0.3, -0.25) is 4.79 Å². The number of carbonyl (C=O) groups excluding carboxylic acids is 1. The molecule has 7 nitrogen and oxygen atoms in total. The minimum Gasteiger partial charge on any atom is -0.494 e. The highest BCUT2D eigenvalue weighted by Gasteiger charge is 2.13. The predicted octanol–water partition coefficient (Wildman–Crippen LogP) is 1.85. The van der Waals surface area contributed by atoms with Gasteiger partial charge >= 0.3 is 0 Å². The van der Waals surface area contributed by atoms with Gasteiger partial charge in [-0.25, -0.2) is 0 Å². The fraction of sp³-hybridized carbons (Fsp3) is 0.308. The number of carbonyl (C=O) groups is 1. The minimum absolute atomic E-state index is 0.203. The Bertz CT molecular complexity index is 569. The maximum atomic E-state index is 12.0. The summed E-state index contributed by atoms with van der Waals surface area (Å²) in [6.45, 7) is 4.81. The molecule has 1 heterocycles. The summed E-state index contributed by atoms with van der Waals surface area (Å²) in [7, 11) is 0. The Morgan fingerprint density at radius 1 is 1.30 bits per heavy atom. The van der Waals surface area contributed by atoms with Crippen molar-refractivity contribution in [1.82, 2.24) is 15.4 Å². The first-order valence-corrected chi connectivity index (χ1v) is 6.31. The molecule has 106 valence electrons. The smallest absolute Gasteiger partial charge is 0.277 e. The lowest BCUT2D eigenvalue weighted by molar-refractivity contribution is 0.102. The van der Waals surface area contributed by atoms with Crippen LogP contribution < -0.4 is 14.8 Å². The van der Waals surface area contributed by atoms with E-state index in [0.29, 0.717) is 30.4 Å².